The molecule has 2 aromatic rings. The molecule has 5 heteroatoms. The molecular formula is C14H18N2O3. The number of methoxy groups -OCH3 is 2. The van der Waals surface area contributed by atoms with Crippen molar-refractivity contribution in [2.75, 3.05) is 27.4 Å². The Morgan fingerprint density at radius 2 is 1.89 bits per heavy atom. The number of ether oxygens (including phenoxy) is 3. The van der Waals surface area contributed by atoms with Gasteiger partial charge in [0.2, 0.25) is 5.75 Å². The first kappa shape index (κ1) is 13.4. The Bertz CT molecular complexity index is 558. The quantitative estimate of drug-likeness (QED) is 0.806. The van der Waals surface area contributed by atoms with E-state index in [9.17, 15) is 0 Å². The zero-order valence-electron chi connectivity index (χ0n) is 11.2. The molecule has 1 aromatic carbocycles. The van der Waals surface area contributed by atoms with Gasteiger partial charge in [0.05, 0.1) is 26.3 Å². The van der Waals surface area contributed by atoms with Gasteiger partial charge < -0.3 is 19.9 Å². The van der Waals surface area contributed by atoms with Crippen LogP contribution < -0.4 is 19.9 Å². The molecule has 0 atom stereocenters. The summed E-state index contributed by atoms with van der Waals surface area (Å²) < 4.78 is 16.4. The second-order valence-corrected chi connectivity index (χ2v) is 3.99. The van der Waals surface area contributed by atoms with E-state index in [0.29, 0.717) is 30.5 Å². The molecule has 19 heavy (non-hydrogen) atoms. The Kier molecular flexibility index (Phi) is 4.41. The minimum atomic E-state index is 0.420. The molecule has 0 spiro atoms. The van der Waals surface area contributed by atoms with Gasteiger partial charge in [-0.3, -0.25) is 0 Å². The van der Waals surface area contributed by atoms with Crippen LogP contribution in [-0.4, -0.2) is 32.4 Å². The van der Waals surface area contributed by atoms with Gasteiger partial charge in [-0.2, -0.15) is 0 Å². The van der Waals surface area contributed by atoms with Crippen LogP contribution in [0.1, 0.15) is 6.42 Å². The fourth-order valence-electron chi connectivity index (χ4n) is 1.86. The molecule has 0 aliphatic carbocycles. The molecule has 2 N–H and O–H groups in total. The van der Waals surface area contributed by atoms with Crippen molar-refractivity contribution in [2.24, 2.45) is 5.73 Å². The van der Waals surface area contributed by atoms with Crippen LogP contribution in [-0.2, 0) is 0 Å². The first-order valence-electron chi connectivity index (χ1n) is 6.15. The van der Waals surface area contributed by atoms with Crippen molar-refractivity contribution < 1.29 is 14.2 Å². The molecule has 0 saturated heterocycles. The van der Waals surface area contributed by atoms with Gasteiger partial charge in [-0.1, -0.05) is 12.1 Å². The van der Waals surface area contributed by atoms with Crippen LogP contribution in [0.4, 0.5) is 0 Å². The molecule has 0 radical (unpaired) electrons. The van der Waals surface area contributed by atoms with Crippen LogP contribution >= 0.6 is 0 Å². The fraction of sp³-hybridized carbons (Fsp3) is 0.357. The number of hydrogen-bond acceptors (Lipinski definition) is 5. The molecule has 0 aliphatic heterocycles. The van der Waals surface area contributed by atoms with E-state index in [1.54, 1.807) is 14.2 Å². The van der Waals surface area contributed by atoms with E-state index >= 15 is 0 Å². The number of nitrogens with two attached hydrogens (primary N) is 1. The van der Waals surface area contributed by atoms with E-state index < -0.39 is 0 Å². The Hall–Kier alpha value is -2.01. The summed E-state index contributed by atoms with van der Waals surface area (Å²) in [5.74, 6) is 1.58. The average molecular weight is 262 g/mol. The van der Waals surface area contributed by atoms with Gasteiger partial charge in [0, 0.05) is 5.39 Å². The van der Waals surface area contributed by atoms with E-state index in [0.717, 1.165) is 17.3 Å². The SMILES string of the molecule is COc1nc2ccccc2c(OCCCN)c1OC. The Balaban J connectivity index is 2.53. The number of rotatable bonds is 6. The molecule has 0 saturated carbocycles. The van der Waals surface area contributed by atoms with Gasteiger partial charge >= 0.3 is 0 Å². The van der Waals surface area contributed by atoms with Crippen LogP contribution in [0, 0.1) is 0 Å². The summed E-state index contributed by atoms with van der Waals surface area (Å²) >= 11 is 0. The second-order valence-electron chi connectivity index (χ2n) is 3.99. The number of benzene rings is 1. The van der Waals surface area contributed by atoms with E-state index in [4.69, 9.17) is 19.9 Å². The molecule has 0 fully saturated rings. The highest BCUT2D eigenvalue weighted by atomic mass is 16.5. The molecule has 0 aliphatic rings. The highest BCUT2D eigenvalue weighted by molar-refractivity contribution is 5.88. The topological polar surface area (TPSA) is 66.6 Å². The van der Waals surface area contributed by atoms with Gasteiger partial charge in [0.15, 0.2) is 5.75 Å². The summed E-state index contributed by atoms with van der Waals surface area (Å²) in [6.45, 7) is 1.12. The highest BCUT2D eigenvalue weighted by Gasteiger charge is 2.17. The van der Waals surface area contributed by atoms with Gasteiger partial charge in [-0.05, 0) is 25.1 Å². The van der Waals surface area contributed by atoms with Crippen molar-refractivity contribution in [3.8, 4) is 17.4 Å². The van der Waals surface area contributed by atoms with Crippen LogP contribution in [0.25, 0.3) is 10.9 Å². The number of fused-ring (bicyclic) bond motifs is 1. The normalized spacial score (nSPS) is 10.5. The molecule has 2 rings (SSSR count). The van der Waals surface area contributed by atoms with Crippen molar-refractivity contribution in [3.05, 3.63) is 24.3 Å². The van der Waals surface area contributed by atoms with Gasteiger partial charge in [-0.15, -0.1) is 0 Å². The van der Waals surface area contributed by atoms with Crippen LogP contribution in [0.15, 0.2) is 24.3 Å². The first-order chi connectivity index (χ1) is 9.31. The molecule has 1 heterocycles. The number of nitrogens with zero attached hydrogens (tertiary/aromatic N) is 1. The monoisotopic (exact) mass is 262 g/mol. The summed E-state index contributed by atoms with van der Waals surface area (Å²) in [4.78, 5) is 4.40. The van der Waals surface area contributed by atoms with E-state index in [1.807, 2.05) is 24.3 Å². The maximum Gasteiger partial charge on any atom is 0.261 e. The maximum atomic E-state index is 5.80. The van der Waals surface area contributed by atoms with E-state index in [2.05, 4.69) is 4.98 Å². The molecular weight excluding hydrogens is 244 g/mol. The average Bonchev–Trinajstić information content (AvgIpc) is 2.46. The smallest absolute Gasteiger partial charge is 0.261 e. The number of pyridine rings is 1. The number of hydrogen-bond donors (Lipinski definition) is 1. The Morgan fingerprint density at radius 3 is 2.58 bits per heavy atom. The lowest BCUT2D eigenvalue weighted by Gasteiger charge is -2.15. The molecule has 102 valence electrons. The zero-order valence-corrected chi connectivity index (χ0v) is 11.2. The number of aromatic nitrogens is 1. The third-order valence-corrected chi connectivity index (χ3v) is 2.76. The van der Waals surface area contributed by atoms with Gasteiger partial charge in [0.1, 0.15) is 0 Å². The van der Waals surface area contributed by atoms with Gasteiger partial charge in [-0.25, -0.2) is 4.98 Å². The fourth-order valence-corrected chi connectivity index (χ4v) is 1.86. The lowest BCUT2D eigenvalue weighted by molar-refractivity contribution is 0.282. The van der Waals surface area contributed by atoms with Crippen molar-refractivity contribution in [1.82, 2.24) is 4.98 Å². The summed E-state index contributed by atoms with van der Waals surface area (Å²) in [5, 5.41) is 0.900. The summed E-state index contributed by atoms with van der Waals surface area (Å²) in [5.41, 5.74) is 6.29. The Labute approximate surface area is 112 Å². The summed E-state index contributed by atoms with van der Waals surface area (Å²) in [6, 6.07) is 7.71. The lowest BCUT2D eigenvalue weighted by Crippen LogP contribution is -2.07. The second kappa shape index (κ2) is 6.24. The van der Waals surface area contributed by atoms with E-state index in [-0.39, 0.29) is 0 Å². The lowest BCUT2D eigenvalue weighted by atomic mass is 10.2. The third-order valence-electron chi connectivity index (χ3n) is 2.76. The van der Waals surface area contributed by atoms with Crippen molar-refractivity contribution in [2.45, 2.75) is 6.42 Å². The van der Waals surface area contributed by atoms with Gasteiger partial charge in [0.25, 0.3) is 5.88 Å². The molecule has 1 aromatic heterocycles. The molecule has 0 unspecified atom stereocenters. The zero-order chi connectivity index (χ0) is 13.7. The maximum absolute atomic E-state index is 5.80. The first-order valence-corrected chi connectivity index (χ1v) is 6.15. The largest absolute Gasteiger partial charge is 0.489 e. The van der Waals surface area contributed by atoms with Crippen LogP contribution in [0.5, 0.6) is 17.4 Å². The van der Waals surface area contributed by atoms with E-state index in [1.165, 1.54) is 0 Å². The van der Waals surface area contributed by atoms with Crippen molar-refractivity contribution in [3.63, 3.8) is 0 Å². The highest BCUT2D eigenvalue weighted by Crippen LogP contribution is 2.41. The minimum Gasteiger partial charge on any atom is -0.489 e. The minimum absolute atomic E-state index is 0.420. The standard InChI is InChI=1S/C14H18N2O3/c1-17-13-12(19-9-5-8-15)10-6-3-4-7-11(10)16-14(13)18-2/h3-4,6-7H,5,8-9,15H2,1-2H3. The predicted molar refractivity (Wildman–Crippen MR) is 74.0 cm³/mol. The predicted octanol–water partition coefficient (Wildman–Crippen LogP) is 1.98. The van der Waals surface area contributed by atoms with Crippen molar-refractivity contribution >= 4 is 10.9 Å². The number of para-hydroxylation sites is 1. The molecule has 0 bridgehead atoms. The third kappa shape index (κ3) is 2.71. The van der Waals surface area contributed by atoms with Crippen LogP contribution in [0.2, 0.25) is 0 Å². The van der Waals surface area contributed by atoms with Crippen molar-refractivity contribution in [1.29, 1.82) is 0 Å². The van der Waals surface area contributed by atoms with Crippen LogP contribution in [0.3, 0.4) is 0 Å². The Morgan fingerprint density at radius 1 is 1.11 bits per heavy atom. The molecule has 5 nitrogen and oxygen atoms in total. The molecule has 0 amide bonds. The summed E-state index contributed by atoms with van der Waals surface area (Å²) in [7, 11) is 3.13. The summed E-state index contributed by atoms with van der Waals surface area (Å²) in [6.07, 6.45) is 0.780.